The van der Waals surface area contributed by atoms with Crippen molar-refractivity contribution >= 4 is 15.9 Å². The van der Waals surface area contributed by atoms with E-state index < -0.39 is 22.2 Å². The van der Waals surface area contributed by atoms with Crippen molar-refractivity contribution in [2.24, 2.45) is 11.8 Å². The molecule has 2 aromatic rings. The first kappa shape index (κ1) is 25.2. The molecule has 1 N–H and O–H groups in total. The van der Waals surface area contributed by atoms with Gasteiger partial charge in [0.25, 0.3) is 0 Å². The molecule has 1 aromatic carbocycles. The van der Waals surface area contributed by atoms with Gasteiger partial charge < -0.3 is 14.7 Å². The smallest absolute Gasteiger partial charge is 0.247 e. The highest BCUT2D eigenvalue weighted by Gasteiger charge is 2.39. The number of aromatic nitrogens is 1. The molecular formula is C26H31N3O5S. The molecule has 0 radical (unpaired) electrons. The number of sulfonamides is 1. The number of fused-ring (bicyclic) bond motifs is 1. The van der Waals surface area contributed by atoms with E-state index in [1.54, 1.807) is 55.5 Å². The molecule has 186 valence electrons. The summed E-state index contributed by atoms with van der Waals surface area (Å²) in [6, 6.07) is 7.77. The lowest BCUT2D eigenvalue weighted by atomic mass is 10.0. The number of likely N-dealkylation sites (N-methyl/N-ethyl adjacent to an activating group) is 1. The van der Waals surface area contributed by atoms with Crippen LogP contribution in [0.1, 0.15) is 37.8 Å². The molecule has 0 unspecified atom stereocenters. The van der Waals surface area contributed by atoms with E-state index in [4.69, 9.17) is 4.74 Å². The van der Waals surface area contributed by atoms with Crippen LogP contribution >= 0.6 is 0 Å². The third-order valence-electron chi connectivity index (χ3n) is 6.46. The Labute approximate surface area is 207 Å². The van der Waals surface area contributed by atoms with Crippen molar-refractivity contribution in [2.75, 3.05) is 26.7 Å². The molecule has 1 aromatic heterocycles. The lowest BCUT2D eigenvalue weighted by molar-refractivity contribution is -0.132. The van der Waals surface area contributed by atoms with Gasteiger partial charge in [-0.15, -0.1) is 0 Å². The van der Waals surface area contributed by atoms with Crippen molar-refractivity contribution in [3.63, 3.8) is 0 Å². The second-order valence-electron chi connectivity index (χ2n) is 9.38. The van der Waals surface area contributed by atoms with E-state index in [0.717, 1.165) is 18.4 Å². The van der Waals surface area contributed by atoms with Crippen LogP contribution in [0.25, 0.3) is 0 Å². The minimum absolute atomic E-state index is 0.0281. The van der Waals surface area contributed by atoms with Crippen molar-refractivity contribution < 1.29 is 23.1 Å². The lowest BCUT2D eigenvalue weighted by Crippen LogP contribution is -2.50. The highest BCUT2D eigenvalue weighted by Crippen LogP contribution is 2.35. The number of carbonyl (C=O) groups excluding carboxylic acids is 1. The molecule has 8 nitrogen and oxygen atoms in total. The zero-order valence-electron chi connectivity index (χ0n) is 20.2. The van der Waals surface area contributed by atoms with E-state index in [1.165, 1.54) is 10.4 Å². The van der Waals surface area contributed by atoms with Gasteiger partial charge in [-0.2, -0.15) is 4.31 Å². The van der Waals surface area contributed by atoms with Gasteiger partial charge in [-0.05, 0) is 50.1 Å². The predicted molar refractivity (Wildman–Crippen MR) is 131 cm³/mol. The molecule has 0 bridgehead atoms. The van der Waals surface area contributed by atoms with E-state index in [-0.39, 0.29) is 41.5 Å². The van der Waals surface area contributed by atoms with Crippen LogP contribution in [-0.4, -0.2) is 72.5 Å². The van der Waals surface area contributed by atoms with Gasteiger partial charge in [-0.25, -0.2) is 8.42 Å². The zero-order valence-corrected chi connectivity index (χ0v) is 21.0. The normalized spacial score (nSPS) is 22.4. The average Bonchev–Trinajstić information content (AvgIpc) is 3.70. The SMILES string of the molecule is C[C@@H]1CN([C@H](C)CO)S(=O)(=O)c2ccc(C#Cc3ccncc3)cc2O[C@H]1CN(C)C(=O)C1CC1. The van der Waals surface area contributed by atoms with Gasteiger partial charge in [-0.1, -0.05) is 18.8 Å². The molecule has 1 fully saturated rings. The van der Waals surface area contributed by atoms with Crippen molar-refractivity contribution in [3.05, 3.63) is 53.9 Å². The molecule has 3 atom stereocenters. The summed E-state index contributed by atoms with van der Waals surface area (Å²) in [4.78, 5) is 18.3. The lowest BCUT2D eigenvalue weighted by Gasteiger charge is -2.37. The maximum absolute atomic E-state index is 13.6. The molecule has 35 heavy (non-hydrogen) atoms. The minimum Gasteiger partial charge on any atom is -0.487 e. The third-order valence-corrected chi connectivity index (χ3v) is 8.47. The molecule has 2 aliphatic rings. The number of aliphatic hydroxyl groups excluding tert-OH is 1. The van der Waals surface area contributed by atoms with Crippen LogP contribution in [0.2, 0.25) is 0 Å². The highest BCUT2D eigenvalue weighted by molar-refractivity contribution is 7.89. The standard InChI is InChI=1S/C26H31N3O5S/c1-18-15-29(19(2)17-30)35(32,33)25-9-6-21(5-4-20-10-12-27-13-11-20)14-23(25)34-24(18)16-28(3)26(31)22-7-8-22/h6,9-14,18-19,22,24,30H,7-8,15-17H2,1-3H3/t18-,19-,24+/m1/s1. The number of ether oxygens (including phenoxy) is 1. The summed E-state index contributed by atoms with van der Waals surface area (Å²) in [5.74, 6) is 6.25. The summed E-state index contributed by atoms with van der Waals surface area (Å²) in [7, 11) is -2.17. The largest absolute Gasteiger partial charge is 0.487 e. The number of carbonyl (C=O) groups is 1. The van der Waals surface area contributed by atoms with Gasteiger partial charge in [0.1, 0.15) is 16.7 Å². The van der Waals surface area contributed by atoms with E-state index in [2.05, 4.69) is 16.8 Å². The van der Waals surface area contributed by atoms with E-state index in [1.807, 2.05) is 6.92 Å². The number of hydrogen-bond acceptors (Lipinski definition) is 6. The first-order chi connectivity index (χ1) is 16.7. The fourth-order valence-electron chi connectivity index (χ4n) is 4.10. The summed E-state index contributed by atoms with van der Waals surface area (Å²) in [6.07, 6.45) is 4.69. The molecular weight excluding hydrogens is 466 g/mol. The summed E-state index contributed by atoms with van der Waals surface area (Å²) in [5.41, 5.74) is 1.39. The van der Waals surface area contributed by atoms with Crippen LogP contribution in [-0.2, 0) is 14.8 Å². The molecule has 1 saturated carbocycles. The van der Waals surface area contributed by atoms with Crippen LogP contribution in [0.5, 0.6) is 5.75 Å². The zero-order chi connectivity index (χ0) is 25.2. The van der Waals surface area contributed by atoms with Gasteiger partial charge in [0.05, 0.1) is 13.2 Å². The quantitative estimate of drug-likeness (QED) is 0.636. The van der Waals surface area contributed by atoms with Gasteiger partial charge in [0.2, 0.25) is 15.9 Å². The number of amides is 1. The van der Waals surface area contributed by atoms with E-state index in [9.17, 15) is 18.3 Å². The van der Waals surface area contributed by atoms with E-state index in [0.29, 0.717) is 12.1 Å². The Morgan fingerprint density at radius 2 is 1.91 bits per heavy atom. The van der Waals surface area contributed by atoms with Crippen LogP contribution in [0.4, 0.5) is 0 Å². The average molecular weight is 498 g/mol. The fraction of sp³-hybridized carbons (Fsp3) is 0.462. The molecule has 9 heteroatoms. The topological polar surface area (TPSA) is 100 Å². The Morgan fingerprint density at radius 1 is 1.23 bits per heavy atom. The Kier molecular flexibility index (Phi) is 7.45. The molecule has 1 amide bonds. The van der Waals surface area contributed by atoms with Gasteiger partial charge in [-0.3, -0.25) is 9.78 Å². The maximum atomic E-state index is 13.6. The van der Waals surface area contributed by atoms with Crippen molar-refractivity contribution in [3.8, 4) is 17.6 Å². The monoisotopic (exact) mass is 497 g/mol. The predicted octanol–water partition coefficient (Wildman–Crippen LogP) is 2.12. The summed E-state index contributed by atoms with van der Waals surface area (Å²) >= 11 is 0. The number of aliphatic hydroxyl groups is 1. The first-order valence-corrected chi connectivity index (χ1v) is 13.2. The van der Waals surface area contributed by atoms with Crippen molar-refractivity contribution in [1.29, 1.82) is 0 Å². The molecule has 0 saturated heterocycles. The van der Waals surface area contributed by atoms with Crippen LogP contribution < -0.4 is 4.74 Å². The second kappa shape index (κ2) is 10.4. The minimum atomic E-state index is -3.93. The fourth-order valence-corrected chi connectivity index (χ4v) is 5.93. The molecule has 0 spiro atoms. The Morgan fingerprint density at radius 3 is 2.57 bits per heavy atom. The Hall–Kier alpha value is -2.93. The van der Waals surface area contributed by atoms with Crippen molar-refractivity contribution in [2.45, 2.75) is 43.7 Å². The highest BCUT2D eigenvalue weighted by atomic mass is 32.2. The van der Waals surface area contributed by atoms with Crippen LogP contribution in [0.15, 0.2) is 47.6 Å². The number of hydrogen-bond donors (Lipinski definition) is 1. The van der Waals surface area contributed by atoms with Gasteiger partial charge >= 0.3 is 0 Å². The number of benzene rings is 1. The molecule has 4 rings (SSSR count). The Balaban J connectivity index is 1.72. The molecule has 2 heterocycles. The Bertz CT molecular complexity index is 1230. The molecule has 1 aliphatic heterocycles. The van der Waals surface area contributed by atoms with Gasteiger partial charge in [0, 0.05) is 55.0 Å². The van der Waals surface area contributed by atoms with E-state index >= 15 is 0 Å². The summed E-state index contributed by atoms with van der Waals surface area (Å²) in [6.45, 7) is 3.79. The number of nitrogens with zero attached hydrogens (tertiary/aromatic N) is 3. The van der Waals surface area contributed by atoms with Crippen LogP contribution in [0, 0.1) is 23.7 Å². The van der Waals surface area contributed by atoms with Gasteiger partial charge in [0.15, 0.2) is 0 Å². The number of rotatable bonds is 5. The number of pyridine rings is 1. The molecule has 1 aliphatic carbocycles. The first-order valence-electron chi connectivity index (χ1n) is 11.8. The third kappa shape index (κ3) is 5.67. The van der Waals surface area contributed by atoms with Crippen molar-refractivity contribution in [1.82, 2.24) is 14.2 Å². The van der Waals surface area contributed by atoms with Crippen LogP contribution in [0.3, 0.4) is 0 Å². The summed E-state index contributed by atoms with van der Waals surface area (Å²) in [5, 5.41) is 9.78. The second-order valence-corrected chi connectivity index (χ2v) is 11.2. The summed E-state index contributed by atoms with van der Waals surface area (Å²) < 4.78 is 34.8. The maximum Gasteiger partial charge on any atom is 0.247 e.